The van der Waals surface area contributed by atoms with E-state index in [-0.39, 0.29) is 11.3 Å². The van der Waals surface area contributed by atoms with Crippen molar-refractivity contribution in [2.24, 2.45) is 0 Å². The first-order chi connectivity index (χ1) is 13.5. The van der Waals surface area contributed by atoms with Crippen molar-refractivity contribution in [3.05, 3.63) is 65.5 Å². The van der Waals surface area contributed by atoms with Gasteiger partial charge in [-0.15, -0.1) is 10.2 Å². The summed E-state index contributed by atoms with van der Waals surface area (Å²) in [6, 6.07) is 11.8. The Labute approximate surface area is 160 Å². The Morgan fingerprint density at radius 3 is 2.46 bits per heavy atom. The van der Waals surface area contributed by atoms with Crippen molar-refractivity contribution in [3.8, 4) is 0 Å². The maximum atomic E-state index is 12.2. The van der Waals surface area contributed by atoms with Crippen LogP contribution in [0.1, 0.15) is 26.4 Å². The molecule has 0 aliphatic rings. The lowest BCUT2D eigenvalue weighted by atomic mass is 10.1. The standard InChI is InChI=1S/C19H18N6O3/c1-11-12(19(27)28)6-5-7-13(11)22-14-10-16(23-15-8-3-4-9-21-15)24-25-17(14)18(26)20-2/h3-10H,1-2H3,(H,20,26)(H,27,28)(H2,21,22,23,24). The Morgan fingerprint density at radius 2 is 1.79 bits per heavy atom. The van der Waals surface area contributed by atoms with Crippen molar-refractivity contribution >= 4 is 34.9 Å². The molecule has 0 fully saturated rings. The number of aromatic nitrogens is 3. The highest BCUT2D eigenvalue weighted by molar-refractivity contribution is 5.99. The monoisotopic (exact) mass is 378 g/mol. The minimum absolute atomic E-state index is 0.0780. The number of hydrogen-bond acceptors (Lipinski definition) is 7. The summed E-state index contributed by atoms with van der Waals surface area (Å²) in [6.45, 7) is 1.69. The number of amides is 1. The summed E-state index contributed by atoms with van der Waals surface area (Å²) in [6.07, 6.45) is 1.63. The summed E-state index contributed by atoms with van der Waals surface area (Å²) in [4.78, 5) is 27.7. The van der Waals surface area contributed by atoms with Crippen molar-refractivity contribution in [2.45, 2.75) is 6.92 Å². The van der Waals surface area contributed by atoms with E-state index in [1.807, 2.05) is 6.07 Å². The zero-order valence-electron chi connectivity index (χ0n) is 15.2. The smallest absolute Gasteiger partial charge is 0.336 e. The highest BCUT2D eigenvalue weighted by Crippen LogP contribution is 2.26. The molecule has 0 saturated heterocycles. The number of nitrogens with zero attached hydrogens (tertiary/aromatic N) is 3. The maximum Gasteiger partial charge on any atom is 0.336 e. The molecule has 142 valence electrons. The number of rotatable bonds is 6. The second-order valence-corrected chi connectivity index (χ2v) is 5.82. The van der Waals surface area contributed by atoms with E-state index in [0.717, 1.165) is 0 Å². The van der Waals surface area contributed by atoms with E-state index in [9.17, 15) is 14.7 Å². The van der Waals surface area contributed by atoms with Gasteiger partial charge in [0, 0.05) is 25.0 Å². The number of anilines is 4. The van der Waals surface area contributed by atoms with Crippen LogP contribution in [0.2, 0.25) is 0 Å². The molecule has 0 unspecified atom stereocenters. The Hall–Kier alpha value is -4.01. The van der Waals surface area contributed by atoms with Gasteiger partial charge in [0.15, 0.2) is 11.5 Å². The Bertz CT molecular complexity index is 1020. The lowest BCUT2D eigenvalue weighted by Crippen LogP contribution is -2.21. The normalized spacial score (nSPS) is 10.2. The molecule has 3 aromatic rings. The summed E-state index contributed by atoms with van der Waals surface area (Å²) in [5.74, 6) is -0.509. The average Bonchev–Trinajstić information content (AvgIpc) is 2.70. The zero-order chi connectivity index (χ0) is 20.1. The fourth-order valence-electron chi connectivity index (χ4n) is 2.55. The predicted molar refractivity (Wildman–Crippen MR) is 104 cm³/mol. The van der Waals surface area contributed by atoms with E-state index in [0.29, 0.717) is 28.6 Å². The van der Waals surface area contributed by atoms with Gasteiger partial charge in [-0.3, -0.25) is 4.79 Å². The molecule has 4 N–H and O–H groups in total. The number of hydrogen-bond donors (Lipinski definition) is 4. The molecular formula is C19H18N6O3. The van der Waals surface area contributed by atoms with Gasteiger partial charge in [0.2, 0.25) is 0 Å². The van der Waals surface area contributed by atoms with Gasteiger partial charge in [0.25, 0.3) is 5.91 Å². The molecule has 2 aromatic heterocycles. The molecule has 0 spiro atoms. The van der Waals surface area contributed by atoms with Crippen molar-refractivity contribution in [1.29, 1.82) is 0 Å². The molecular weight excluding hydrogens is 360 g/mol. The van der Waals surface area contributed by atoms with Crippen LogP contribution in [0.4, 0.5) is 23.0 Å². The first-order valence-corrected chi connectivity index (χ1v) is 8.37. The summed E-state index contributed by atoms with van der Waals surface area (Å²) in [5, 5.41) is 25.9. The first-order valence-electron chi connectivity index (χ1n) is 8.37. The molecule has 9 heteroatoms. The summed E-state index contributed by atoms with van der Waals surface area (Å²) >= 11 is 0. The Kier molecular flexibility index (Phi) is 5.45. The van der Waals surface area contributed by atoms with E-state index in [2.05, 4.69) is 31.1 Å². The van der Waals surface area contributed by atoms with Crippen molar-refractivity contribution in [1.82, 2.24) is 20.5 Å². The number of aromatic carboxylic acids is 1. The first kappa shape index (κ1) is 18.8. The van der Waals surface area contributed by atoms with Crippen molar-refractivity contribution in [3.63, 3.8) is 0 Å². The van der Waals surface area contributed by atoms with Crippen LogP contribution in [-0.2, 0) is 0 Å². The maximum absolute atomic E-state index is 12.2. The molecule has 28 heavy (non-hydrogen) atoms. The molecule has 1 amide bonds. The molecule has 9 nitrogen and oxygen atoms in total. The SMILES string of the molecule is CNC(=O)c1nnc(Nc2ccccn2)cc1Nc1cccc(C(=O)O)c1C. The van der Waals surface area contributed by atoms with Crippen LogP contribution in [0.15, 0.2) is 48.7 Å². The molecule has 2 heterocycles. The van der Waals surface area contributed by atoms with Crippen LogP contribution in [0.5, 0.6) is 0 Å². The summed E-state index contributed by atoms with van der Waals surface area (Å²) < 4.78 is 0. The van der Waals surface area contributed by atoms with Gasteiger partial charge in [-0.1, -0.05) is 12.1 Å². The topological polar surface area (TPSA) is 129 Å². The van der Waals surface area contributed by atoms with E-state index in [4.69, 9.17) is 0 Å². The van der Waals surface area contributed by atoms with Gasteiger partial charge in [0.1, 0.15) is 5.82 Å². The van der Waals surface area contributed by atoms with Gasteiger partial charge in [-0.25, -0.2) is 9.78 Å². The Morgan fingerprint density at radius 1 is 0.964 bits per heavy atom. The van der Waals surface area contributed by atoms with Gasteiger partial charge in [-0.2, -0.15) is 0 Å². The van der Waals surface area contributed by atoms with E-state index < -0.39 is 11.9 Å². The summed E-state index contributed by atoms with van der Waals surface area (Å²) in [7, 11) is 1.49. The van der Waals surface area contributed by atoms with E-state index in [1.165, 1.54) is 13.1 Å². The molecule has 1 aromatic carbocycles. The molecule has 0 atom stereocenters. The fraction of sp³-hybridized carbons (Fsp3) is 0.105. The highest BCUT2D eigenvalue weighted by atomic mass is 16.4. The van der Waals surface area contributed by atoms with Gasteiger partial charge in [-0.05, 0) is 36.8 Å². The zero-order valence-corrected chi connectivity index (χ0v) is 15.2. The minimum atomic E-state index is -1.03. The average molecular weight is 378 g/mol. The number of carboxylic acid groups (broad SMARTS) is 1. The van der Waals surface area contributed by atoms with Gasteiger partial charge >= 0.3 is 5.97 Å². The molecule has 0 bridgehead atoms. The second-order valence-electron chi connectivity index (χ2n) is 5.82. The number of nitrogens with one attached hydrogen (secondary N) is 3. The third kappa shape index (κ3) is 4.04. The van der Waals surface area contributed by atoms with E-state index >= 15 is 0 Å². The minimum Gasteiger partial charge on any atom is -0.478 e. The largest absolute Gasteiger partial charge is 0.478 e. The van der Waals surface area contributed by atoms with Crippen LogP contribution in [-0.4, -0.2) is 39.2 Å². The summed E-state index contributed by atoms with van der Waals surface area (Å²) in [5.41, 5.74) is 1.70. The van der Waals surface area contributed by atoms with Crippen LogP contribution in [0, 0.1) is 6.92 Å². The quantitative estimate of drug-likeness (QED) is 0.515. The van der Waals surface area contributed by atoms with Crippen LogP contribution >= 0.6 is 0 Å². The number of pyridine rings is 1. The van der Waals surface area contributed by atoms with Gasteiger partial charge < -0.3 is 21.1 Å². The van der Waals surface area contributed by atoms with E-state index in [1.54, 1.807) is 43.5 Å². The van der Waals surface area contributed by atoms with Crippen molar-refractivity contribution < 1.29 is 14.7 Å². The lowest BCUT2D eigenvalue weighted by molar-refractivity contribution is 0.0696. The van der Waals surface area contributed by atoms with Crippen LogP contribution in [0.3, 0.4) is 0 Å². The number of carbonyl (C=O) groups excluding carboxylic acids is 1. The molecule has 0 aliphatic heterocycles. The molecule has 3 rings (SSSR count). The number of carbonyl (C=O) groups is 2. The highest BCUT2D eigenvalue weighted by Gasteiger charge is 2.17. The third-order valence-corrected chi connectivity index (χ3v) is 3.99. The second kappa shape index (κ2) is 8.12. The van der Waals surface area contributed by atoms with Crippen LogP contribution < -0.4 is 16.0 Å². The third-order valence-electron chi connectivity index (χ3n) is 3.99. The molecule has 0 saturated carbocycles. The predicted octanol–water partition coefficient (Wildman–Crippen LogP) is 2.73. The van der Waals surface area contributed by atoms with Crippen molar-refractivity contribution in [2.75, 3.05) is 17.7 Å². The fourth-order valence-corrected chi connectivity index (χ4v) is 2.55. The number of carboxylic acids is 1. The number of benzene rings is 1. The Balaban J connectivity index is 2.00. The molecule has 0 aliphatic carbocycles. The van der Waals surface area contributed by atoms with Gasteiger partial charge in [0.05, 0.1) is 11.3 Å². The van der Waals surface area contributed by atoms with Crippen LogP contribution in [0.25, 0.3) is 0 Å². The molecule has 0 radical (unpaired) electrons. The lowest BCUT2D eigenvalue weighted by Gasteiger charge is -2.14.